The van der Waals surface area contributed by atoms with Crippen LogP contribution >= 0.6 is 11.8 Å². The Morgan fingerprint density at radius 1 is 1.26 bits per heavy atom. The standard InChI is InChI=1S/C15H16F3NO3S/c1-10(2)22-14(21)9-19-13(20)8-5-11-3-6-12(7-4-11)23-15(16,17)18/h3-8,10H,9H2,1-2H3,(H,19,20)/b8-5+. The number of hydrogen-bond donors (Lipinski definition) is 1. The van der Waals surface area contributed by atoms with Crippen LogP contribution in [-0.2, 0) is 14.3 Å². The smallest absolute Gasteiger partial charge is 0.446 e. The second-order valence-electron chi connectivity index (χ2n) is 4.71. The molecule has 0 fully saturated rings. The average Bonchev–Trinajstić information content (AvgIpc) is 2.42. The van der Waals surface area contributed by atoms with Gasteiger partial charge < -0.3 is 10.1 Å². The van der Waals surface area contributed by atoms with Gasteiger partial charge in [-0.2, -0.15) is 13.2 Å². The van der Waals surface area contributed by atoms with E-state index in [1.807, 2.05) is 0 Å². The van der Waals surface area contributed by atoms with E-state index in [0.717, 1.165) is 0 Å². The molecule has 0 atom stereocenters. The van der Waals surface area contributed by atoms with E-state index in [4.69, 9.17) is 4.74 Å². The Bertz CT molecular complexity index is 568. The predicted molar refractivity (Wildman–Crippen MR) is 81.6 cm³/mol. The summed E-state index contributed by atoms with van der Waals surface area (Å²) in [6.45, 7) is 3.14. The molecule has 0 aromatic heterocycles. The molecule has 0 spiro atoms. The minimum Gasteiger partial charge on any atom is -0.462 e. The number of halogens is 3. The molecule has 0 aliphatic heterocycles. The number of carbonyl (C=O) groups excluding carboxylic acids is 2. The van der Waals surface area contributed by atoms with Gasteiger partial charge in [-0.3, -0.25) is 9.59 Å². The fraction of sp³-hybridized carbons (Fsp3) is 0.333. The van der Waals surface area contributed by atoms with Crippen molar-refractivity contribution in [1.29, 1.82) is 0 Å². The van der Waals surface area contributed by atoms with Gasteiger partial charge in [-0.25, -0.2) is 0 Å². The van der Waals surface area contributed by atoms with E-state index < -0.39 is 17.4 Å². The maximum absolute atomic E-state index is 12.2. The van der Waals surface area contributed by atoms with E-state index in [1.165, 1.54) is 36.4 Å². The first-order valence-electron chi connectivity index (χ1n) is 6.67. The Morgan fingerprint density at radius 3 is 2.39 bits per heavy atom. The predicted octanol–water partition coefficient (Wildman–Crippen LogP) is 3.38. The molecule has 0 aliphatic carbocycles. The number of thioether (sulfide) groups is 1. The number of amides is 1. The Kier molecular flexibility index (Phi) is 7.15. The second kappa shape index (κ2) is 8.61. The van der Waals surface area contributed by atoms with Crippen molar-refractivity contribution in [1.82, 2.24) is 5.32 Å². The number of rotatable bonds is 6. The van der Waals surface area contributed by atoms with Crippen LogP contribution in [-0.4, -0.2) is 30.0 Å². The molecule has 1 amide bonds. The molecule has 1 aromatic carbocycles. The Balaban J connectivity index is 2.47. The molecule has 8 heteroatoms. The lowest BCUT2D eigenvalue weighted by atomic mass is 10.2. The lowest BCUT2D eigenvalue weighted by Crippen LogP contribution is -2.30. The third-order valence-electron chi connectivity index (χ3n) is 2.31. The average molecular weight is 347 g/mol. The molecule has 126 valence electrons. The first-order valence-corrected chi connectivity index (χ1v) is 7.48. The maximum Gasteiger partial charge on any atom is 0.446 e. The Labute approximate surface area is 136 Å². The fourth-order valence-corrected chi connectivity index (χ4v) is 2.01. The Hall–Kier alpha value is -1.96. The first kappa shape index (κ1) is 19.1. The van der Waals surface area contributed by atoms with Gasteiger partial charge in [0.15, 0.2) is 0 Å². The number of carbonyl (C=O) groups is 2. The van der Waals surface area contributed by atoms with Gasteiger partial charge in [0.2, 0.25) is 5.91 Å². The van der Waals surface area contributed by atoms with Gasteiger partial charge in [-0.05, 0) is 49.4 Å². The SMILES string of the molecule is CC(C)OC(=O)CNC(=O)/C=C/c1ccc(SC(F)(F)F)cc1. The van der Waals surface area contributed by atoms with Crippen molar-refractivity contribution in [2.24, 2.45) is 0 Å². The van der Waals surface area contributed by atoms with E-state index >= 15 is 0 Å². The highest BCUT2D eigenvalue weighted by Gasteiger charge is 2.28. The maximum atomic E-state index is 12.2. The van der Waals surface area contributed by atoms with Crippen molar-refractivity contribution in [3.8, 4) is 0 Å². The van der Waals surface area contributed by atoms with Crippen molar-refractivity contribution < 1.29 is 27.5 Å². The van der Waals surface area contributed by atoms with Crippen LogP contribution in [0.25, 0.3) is 6.08 Å². The van der Waals surface area contributed by atoms with Crippen LogP contribution in [0.1, 0.15) is 19.4 Å². The minimum absolute atomic E-state index is 0.0653. The number of alkyl halides is 3. The minimum atomic E-state index is -4.33. The summed E-state index contributed by atoms with van der Waals surface area (Å²) in [5.41, 5.74) is -3.77. The summed E-state index contributed by atoms with van der Waals surface area (Å²) in [5, 5.41) is 2.35. The molecular weight excluding hydrogens is 331 g/mol. The van der Waals surface area contributed by atoms with Crippen LogP contribution in [0, 0.1) is 0 Å². The van der Waals surface area contributed by atoms with E-state index in [-0.39, 0.29) is 29.3 Å². The normalized spacial score (nSPS) is 11.7. The zero-order valence-electron chi connectivity index (χ0n) is 12.5. The summed E-state index contributed by atoms with van der Waals surface area (Å²) in [6.07, 6.45) is 2.36. The lowest BCUT2D eigenvalue weighted by Gasteiger charge is -2.07. The topological polar surface area (TPSA) is 55.4 Å². The second-order valence-corrected chi connectivity index (χ2v) is 5.85. The van der Waals surface area contributed by atoms with E-state index in [2.05, 4.69) is 5.32 Å². The van der Waals surface area contributed by atoms with Gasteiger partial charge in [-0.15, -0.1) is 0 Å². The van der Waals surface area contributed by atoms with Crippen LogP contribution in [0.2, 0.25) is 0 Å². The van der Waals surface area contributed by atoms with E-state index in [1.54, 1.807) is 13.8 Å². The first-order chi connectivity index (χ1) is 10.7. The molecule has 0 radical (unpaired) electrons. The number of esters is 1. The molecule has 1 rings (SSSR count). The monoisotopic (exact) mass is 347 g/mol. The van der Waals surface area contributed by atoms with Crippen LogP contribution in [0.4, 0.5) is 13.2 Å². The number of benzene rings is 1. The highest BCUT2D eigenvalue weighted by molar-refractivity contribution is 8.00. The fourth-order valence-electron chi connectivity index (χ4n) is 1.48. The van der Waals surface area contributed by atoms with Crippen LogP contribution in [0.15, 0.2) is 35.2 Å². The lowest BCUT2D eigenvalue weighted by molar-refractivity contribution is -0.147. The van der Waals surface area contributed by atoms with Gasteiger partial charge in [0.05, 0.1) is 6.10 Å². The number of ether oxygens (including phenoxy) is 1. The Morgan fingerprint density at radius 2 is 1.87 bits per heavy atom. The quantitative estimate of drug-likeness (QED) is 0.487. The molecule has 0 saturated heterocycles. The van der Waals surface area contributed by atoms with Crippen molar-refractivity contribution in [3.63, 3.8) is 0 Å². The molecule has 0 saturated carbocycles. The summed E-state index contributed by atoms with van der Waals surface area (Å²) in [7, 11) is 0. The van der Waals surface area contributed by atoms with E-state index in [9.17, 15) is 22.8 Å². The molecule has 23 heavy (non-hydrogen) atoms. The van der Waals surface area contributed by atoms with Crippen molar-refractivity contribution in [2.45, 2.75) is 30.4 Å². The highest BCUT2D eigenvalue weighted by Crippen LogP contribution is 2.36. The van der Waals surface area contributed by atoms with Crippen molar-refractivity contribution >= 4 is 29.7 Å². The highest BCUT2D eigenvalue weighted by atomic mass is 32.2. The summed E-state index contributed by atoms with van der Waals surface area (Å²) in [4.78, 5) is 22.8. The molecule has 0 aliphatic rings. The van der Waals surface area contributed by atoms with Crippen LogP contribution in [0.5, 0.6) is 0 Å². The summed E-state index contributed by atoms with van der Waals surface area (Å²) in [6, 6.07) is 5.56. The molecule has 0 heterocycles. The zero-order chi connectivity index (χ0) is 17.5. The zero-order valence-corrected chi connectivity index (χ0v) is 13.3. The van der Waals surface area contributed by atoms with Gasteiger partial charge in [0.25, 0.3) is 0 Å². The molecule has 4 nitrogen and oxygen atoms in total. The number of hydrogen-bond acceptors (Lipinski definition) is 4. The van der Waals surface area contributed by atoms with E-state index in [0.29, 0.717) is 5.56 Å². The molecule has 0 bridgehead atoms. The van der Waals surface area contributed by atoms with Gasteiger partial charge >= 0.3 is 11.5 Å². The van der Waals surface area contributed by atoms with Crippen LogP contribution < -0.4 is 5.32 Å². The van der Waals surface area contributed by atoms with Gasteiger partial charge in [-0.1, -0.05) is 12.1 Å². The molecule has 0 unspecified atom stereocenters. The van der Waals surface area contributed by atoms with Gasteiger partial charge in [0, 0.05) is 11.0 Å². The summed E-state index contributed by atoms with van der Waals surface area (Å²) >= 11 is -0.205. The van der Waals surface area contributed by atoms with Crippen molar-refractivity contribution in [2.75, 3.05) is 6.54 Å². The molecule has 1 aromatic rings. The summed E-state index contributed by atoms with van der Waals surface area (Å²) < 4.78 is 41.4. The molecular formula is C15H16F3NO3S. The summed E-state index contributed by atoms with van der Waals surface area (Å²) in [5.74, 6) is -1.05. The van der Waals surface area contributed by atoms with Crippen LogP contribution in [0.3, 0.4) is 0 Å². The largest absolute Gasteiger partial charge is 0.462 e. The van der Waals surface area contributed by atoms with Crippen molar-refractivity contribution in [3.05, 3.63) is 35.9 Å². The third kappa shape index (κ3) is 8.92. The van der Waals surface area contributed by atoms with Gasteiger partial charge in [0.1, 0.15) is 6.54 Å². The number of nitrogens with one attached hydrogen (secondary N) is 1. The third-order valence-corrected chi connectivity index (χ3v) is 3.05. The molecule has 1 N–H and O–H groups in total.